The second kappa shape index (κ2) is 6.07. The highest BCUT2D eigenvalue weighted by Crippen LogP contribution is 2.18. The molecule has 0 N–H and O–H groups in total. The van der Waals surface area contributed by atoms with Crippen LogP contribution >= 0.6 is 11.6 Å². The molecule has 0 aliphatic heterocycles. The van der Waals surface area contributed by atoms with Crippen LogP contribution in [0.15, 0.2) is 48.8 Å². The molecule has 0 radical (unpaired) electrons. The minimum Gasteiger partial charge on any atom is -0.487 e. The number of halogens is 1. The van der Waals surface area contributed by atoms with Crippen molar-refractivity contribution in [1.82, 2.24) is 9.38 Å². The Morgan fingerprint density at radius 1 is 1.27 bits per heavy atom. The molecule has 3 rings (SSSR count). The van der Waals surface area contributed by atoms with Crippen LogP contribution in [-0.4, -0.2) is 22.5 Å². The molecule has 0 fully saturated rings. The molecule has 2 heterocycles. The molecule has 1 aromatic carbocycles. The summed E-state index contributed by atoms with van der Waals surface area (Å²) >= 11 is 5.91. The van der Waals surface area contributed by atoms with Crippen LogP contribution < -0.4 is 4.74 Å². The van der Waals surface area contributed by atoms with Crippen molar-refractivity contribution < 1.29 is 14.3 Å². The lowest BCUT2D eigenvalue weighted by Crippen LogP contribution is -2.02. The zero-order valence-electron chi connectivity index (χ0n) is 11.8. The summed E-state index contributed by atoms with van der Waals surface area (Å²) < 4.78 is 12.1. The predicted molar refractivity (Wildman–Crippen MR) is 82.3 cm³/mol. The minimum atomic E-state index is -0.382. The lowest BCUT2D eigenvalue weighted by molar-refractivity contribution is 0.0600. The average molecular weight is 317 g/mol. The number of nitrogens with zero attached hydrogens (tertiary/aromatic N) is 2. The van der Waals surface area contributed by atoms with E-state index in [4.69, 9.17) is 21.1 Å². The summed E-state index contributed by atoms with van der Waals surface area (Å²) in [5.74, 6) is 0.298. The van der Waals surface area contributed by atoms with E-state index in [2.05, 4.69) is 4.98 Å². The summed E-state index contributed by atoms with van der Waals surface area (Å²) in [6.45, 7) is 0.315. The second-order valence-corrected chi connectivity index (χ2v) is 5.09. The molecule has 0 amide bonds. The number of methoxy groups -OCH3 is 1. The monoisotopic (exact) mass is 316 g/mol. The molecule has 0 unspecified atom stereocenters. The van der Waals surface area contributed by atoms with E-state index in [-0.39, 0.29) is 5.97 Å². The van der Waals surface area contributed by atoms with Gasteiger partial charge in [0.15, 0.2) is 0 Å². The molecule has 0 spiro atoms. The van der Waals surface area contributed by atoms with Gasteiger partial charge in [0.1, 0.15) is 18.0 Å². The Morgan fingerprint density at radius 3 is 2.91 bits per heavy atom. The number of pyridine rings is 1. The molecule has 2 aromatic heterocycles. The molecule has 0 saturated heterocycles. The maximum absolute atomic E-state index is 11.5. The van der Waals surface area contributed by atoms with E-state index < -0.39 is 0 Å². The van der Waals surface area contributed by atoms with Crippen LogP contribution in [0.1, 0.15) is 16.1 Å². The molecule has 22 heavy (non-hydrogen) atoms. The molecule has 5 nitrogen and oxygen atoms in total. The SMILES string of the molecule is COC(=O)c1ccc2nc(COc3cccc(Cl)c3)cn2c1. The van der Waals surface area contributed by atoms with Gasteiger partial charge in [0.2, 0.25) is 0 Å². The van der Waals surface area contributed by atoms with E-state index in [0.717, 1.165) is 11.3 Å². The number of ether oxygens (including phenoxy) is 2. The third-order valence-corrected chi connectivity index (χ3v) is 3.34. The van der Waals surface area contributed by atoms with Crippen molar-refractivity contribution in [2.45, 2.75) is 6.61 Å². The highest BCUT2D eigenvalue weighted by molar-refractivity contribution is 6.30. The molecule has 0 aliphatic rings. The standard InChI is InChI=1S/C16H13ClN2O3/c1-21-16(20)11-5-6-15-18-13(9-19(15)8-11)10-22-14-4-2-3-12(17)7-14/h2-9H,10H2,1H3. The number of carbonyl (C=O) groups is 1. The van der Waals surface area contributed by atoms with Crippen molar-refractivity contribution in [3.05, 3.63) is 65.1 Å². The highest BCUT2D eigenvalue weighted by atomic mass is 35.5. The molecule has 0 saturated carbocycles. The van der Waals surface area contributed by atoms with Crippen LogP contribution in [0.5, 0.6) is 5.75 Å². The van der Waals surface area contributed by atoms with E-state index in [9.17, 15) is 4.79 Å². The third-order valence-electron chi connectivity index (χ3n) is 3.10. The first-order valence-electron chi connectivity index (χ1n) is 6.60. The van der Waals surface area contributed by atoms with Crippen molar-refractivity contribution in [1.29, 1.82) is 0 Å². The molecule has 0 bridgehead atoms. The number of aromatic nitrogens is 2. The number of fused-ring (bicyclic) bond motifs is 1. The van der Waals surface area contributed by atoms with Gasteiger partial charge < -0.3 is 13.9 Å². The average Bonchev–Trinajstić information content (AvgIpc) is 2.94. The zero-order chi connectivity index (χ0) is 15.5. The first-order chi connectivity index (χ1) is 10.7. The topological polar surface area (TPSA) is 52.8 Å². The Bertz CT molecular complexity index is 829. The minimum absolute atomic E-state index is 0.315. The summed E-state index contributed by atoms with van der Waals surface area (Å²) in [5, 5.41) is 0.621. The van der Waals surface area contributed by atoms with E-state index in [1.54, 1.807) is 34.9 Å². The van der Waals surface area contributed by atoms with Gasteiger partial charge in [-0.3, -0.25) is 0 Å². The lowest BCUT2D eigenvalue weighted by Gasteiger charge is -2.03. The van der Waals surface area contributed by atoms with E-state index >= 15 is 0 Å². The molecule has 112 valence electrons. The van der Waals surface area contributed by atoms with Crippen LogP contribution in [-0.2, 0) is 11.3 Å². The van der Waals surface area contributed by atoms with E-state index in [1.807, 2.05) is 18.3 Å². The number of hydrogen-bond donors (Lipinski definition) is 0. The molecular formula is C16H13ClN2O3. The van der Waals surface area contributed by atoms with Gasteiger partial charge in [-0.2, -0.15) is 0 Å². The van der Waals surface area contributed by atoms with Gasteiger partial charge in [0.05, 0.1) is 18.4 Å². The maximum Gasteiger partial charge on any atom is 0.339 e. The Labute approximate surface area is 132 Å². The Balaban J connectivity index is 1.78. The second-order valence-electron chi connectivity index (χ2n) is 4.65. The smallest absolute Gasteiger partial charge is 0.339 e. The van der Waals surface area contributed by atoms with Crippen LogP contribution in [0, 0.1) is 0 Å². The Hall–Kier alpha value is -2.53. The van der Waals surface area contributed by atoms with Crippen molar-refractivity contribution in [2.24, 2.45) is 0 Å². The van der Waals surface area contributed by atoms with Crippen LogP contribution in [0.4, 0.5) is 0 Å². The van der Waals surface area contributed by atoms with Gasteiger partial charge in [-0.1, -0.05) is 17.7 Å². The van der Waals surface area contributed by atoms with Crippen LogP contribution in [0.2, 0.25) is 5.02 Å². The number of esters is 1. The first kappa shape index (κ1) is 14.4. The normalized spacial score (nSPS) is 10.6. The van der Waals surface area contributed by atoms with E-state index in [0.29, 0.717) is 22.9 Å². The van der Waals surface area contributed by atoms with Gasteiger partial charge in [-0.25, -0.2) is 9.78 Å². The number of imidazole rings is 1. The number of carbonyl (C=O) groups excluding carboxylic acids is 1. The lowest BCUT2D eigenvalue weighted by atomic mass is 10.3. The fourth-order valence-corrected chi connectivity index (χ4v) is 2.25. The van der Waals surface area contributed by atoms with Crippen LogP contribution in [0.25, 0.3) is 5.65 Å². The van der Waals surface area contributed by atoms with Crippen LogP contribution in [0.3, 0.4) is 0 Å². The van der Waals surface area contributed by atoms with Gasteiger partial charge in [-0.15, -0.1) is 0 Å². The quantitative estimate of drug-likeness (QED) is 0.693. The largest absolute Gasteiger partial charge is 0.487 e. The van der Waals surface area contributed by atoms with Crippen molar-refractivity contribution >= 4 is 23.2 Å². The molecule has 3 aromatic rings. The van der Waals surface area contributed by atoms with E-state index in [1.165, 1.54) is 7.11 Å². The summed E-state index contributed by atoms with van der Waals surface area (Å²) in [6.07, 6.45) is 3.49. The van der Waals surface area contributed by atoms with Crippen molar-refractivity contribution in [2.75, 3.05) is 7.11 Å². The first-order valence-corrected chi connectivity index (χ1v) is 6.98. The zero-order valence-corrected chi connectivity index (χ0v) is 12.6. The molecule has 0 atom stereocenters. The number of rotatable bonds is 4. The molecular weight excluding hydrogens is 304 g/mol. The molecule has 6 heteroatoms. The molecule has 0 aliphatic carbocycles. The van der Waals surface area contributed by atoms with Crippen molar-refractivity contribution in [3.8, 4) is 5.75 Å². The Morgan fingerprint density at radius 2 is 2.14 bits per heavy atom. The van der Waals surface area contributed by atoms with Gasteiger partial charge >= 0.3 is 5.97 Å². The van der Waals surface area contributed by atoms with Gasteiger partial charge in [0.25, 0.3) is 0 Å². The van der Waals surface area contributed by atoms with Gasteiger partial charge in [0, 0.05) is 17.4 Å². The van der Waals surface area contributed by atoms with Crippen molar-refractivity contribution in [3.63, 3.8) is 0 Å². The predicted octanol–water partition coefficient (Wildman–Crippen LogP) is 3.35. The fraction of sp³-hybridized carbons (Fsp3) is 0.125. The van der Waals surface area contributed by atoms with Gasteiger partial charge in [-0.05, 0) is 30.3 Å². The number of benzene rings is 1. The Kier molecular flexibility index (Phi) is 3.98. The summed E-state index contributed by atoms with van der Waals surface area (Å²) in [5.41, 5.74) is 1.95. The summed E-state index contributed by atoms with van der Waals surface area (Å²) in [7, 11) is 1.35. The fourth-order valence-electron chi connectivity index (χ4n) is 2.07. The summed E-state index contributed by atoms with van der Waals surface area (Å²) in [6, 6.07) is 10.6. The summed E-state index contributed by atoms with van der Waals surface area (Å²) in [4.78, 5) is 15.9. The maximum atomic E-state index is 11.5. The number of hydrogen-bond acceptors (Lipinski definition) is 4. The third kappa shape index (κ3) is 3.04. The highest BCUT2D eigenvalue weighted by Gasteiger charge is 2.08.